The number of alkyl halides is 1. The van der Waals surface area contributed by atoms with Crippen LogP contribution >= 0.6 is 21.5 Å². The van der Waals surface area contributed by atoms with Crippen LogP contribution in [0.1, 0.15) is 84.0 Å². The van der Waals surface area contributed by atoms with Crippen LogP contribution in [0.3, 0.4) is 0 Å². The standard InChI is InChI=1S/C14H29Cl.H3P/c1-2-3-4-5-6-7-8-9-10-11-12-13-14-15;/h2-14H2,1H3;1H3. The number of hydrogen-bond acceptors (Lipinski definition) is 0. The average molecular weight is 267 g/mol. The van der Waals surface area contributed by atoms with Gasteiger partial charge in [-0.1, -0.05) is 77.6 Å². The molecule has 0 heterocycles. The Labute approximate surface area is 112 Å². The highest BCUT2D eigenvalue weighted by Gasteiger charge is 1.92. The van der Waals surface area contributed by atoms with Crippen molar-refractivity contribution in [1.29, 1.82) is 0 Å². The number of halogens is 1. The zero-order valence-corrected chi connectivity index (χ0v) is 13.4. The Bertz CT molecular complexity index is 94.9. The fourth-order valence-electron chi connectivity index (χ4n) is 1.94. The summed E-state index contributed by atoms with van der Waals surface area (Å²) in [5.74, 6) is 0.845. The van der Waals surface area contributed by atoms with Crippen molar-refractivity contribution in [2.24, 2.45) is 0 Å². The van der Waals surface area contributed by atoms with Gasteiger partial charge in [0.05, 0.1) is 0 Å². The molecule has 0 spiro atoms. The van der Waals surface area contributed by atoms with E-state index in [0.29, 0.717) is 0 Å². The summed E-state index contributed by atoms with van der Waals surface area (Å²) in [6.07, 6.45) is 16.9. The van der Waals surface area contributed by atoms with Crippen LogP contribution in [0.15, 0.2) is 0 Å². The van der Waals surface area contributed by atoms with E-state index in [1.807, 2.05) is 0 Å². The molecule has 0 aliphatic heterocycles. The minimum atomic E-state index is 0. The summed E-state index contributed by atoms with van der Waals surface area (Å²) in [6.45, 7) is 2.28. The molecule has 100 valence electrons. The van der Waals surface area contributed by atoms with Gasteiger partial charge in [0.15, 0.2) is 0 Å². The van der Waals surface area contributed by atoms with Gasteiger partial charge in [-0.2, -0.15) is 9.90 Å². The summed E-state index contributed by atoms with van der Waals surface area (Å²) in [4.78, 5) is 0. The van der Waals surface area contributed by atoms with Crippen LogP contribution in [0.4, 0.5) is 0 Å². The first kappa shape index (κ1) is 19.1. The Hall–Kier alpha value is 0.720. The third kappa shape index (κ3) is 17.1. The van der Waals surface area contributed by atoms with Gasteiger partial charge in [0.25, 0.3) is 0 Å². The normalized spacial score (nSPS) is 10.1. The molecule has 1 unspecified atom stereocenters. The summed E-state index contributed by atoms with van der Waals surface area (Å²) in [6, 6.07) is 0. The van der Waals surface area contributed by atoms with Gasteiger partial charge in [-0.3, -0.25) is 0 Å². The molecule has 2 heteroatoms. The molecule has 0 aliphatic rings. The maximum Gasteiger partial charge on any atom is 0.0223 e. The largest absolute Gasteiger partial charge is 0.153 e. The Balaban J connectivity index is 0. The first-order valence-electron chi connectivity index (χ1n) is 6.97. The molecule has 0 fully saturated rings. The second-order valence-electron chi connectivity index (χ2n) is 4.58. The van der Waals surface area contributed by atoms with E-state index in [1.54, 1.807) is 0 Å². The highest BCUT2D eigenvalue weighted by atomic mass is 35.5. The molecule has 0 bridgehead atoms. The highest BCUT2D eigenvalue weighted by Crippen LogP contribution is 2.11. The lowest BCUT2D eigenvalue weighted by atomic mass is 10.1. The SMILES string of the molecule is CCCCCCCCCCCCCCCl.P. The van der Waals surface area contributed by atoms with E-state index in [2.05, 4.69) is 6.92 Å². The molecule has 0 nitrogen and oxygen atoms in total. The van der Waals surface area contributed by atoms with Gasteiger partial charge in [-0.05, 0) is 6.42 Å². The van der Waals surface area contributed by atoms with Crippen molar-refractivity contribution in [2.75, 3.05) is 5.88 Å². The first-order chi connectivity index (χ1) is 7.41. The Morgan fingerprint density at radius 3 is 1.19 bits per heavy atom. The predicted molar refractivity (Wildman–Crippen MR) is 82.9 cm³/mol. The lowest BCUT2D eigenvalue weighted by Crippen LogP contribution is -1.82. The predicted octanol–water partition coefficient (Wildman–Crippen LogP) is 5.98. The van der Waals surface area contributed by atoms with Gasteiger partial charge in [-0.15, -0.1) is 11.6 Å². The zero-order chi connectivity index (χ0) is 11.2. The van der Waals surface area contributed by atoms with E-state index in [4.69, 9.17) is 11.6 Å². The van der Waals surface area contributed by atoms with Crippen LogP contribution in [-0.2, 0) is 0 Å². The summed E-state index contributed by atoms with van der Waals surface area (Å²) in [5.41, 5.74) is 0. The van der Waals surface area contributed by atoms with Gasteiger partial charge in [-0.25, -0.2) is 0 Å². The van der Waals surface area contributed by atoms with E-state index in [-0.39, 0.29) is 9.90 Å². The van der Waals surface area contributed by atoms with Gasteiger partial charge in [0.1, 0.15) is 0 Å². The van der Waals surface area contributed by atoms with Gasteiger partial charge < -0.3 is 0 Å². The highest BCUT2D eigenvalue weighted by molar-refractivity contribution is 6.92. The van der Waals surface area contributed by atoms with E-state index < -0.39 is 0 Å². The molecule has 0 aromatic carbocycles. The third-order valence-electron chi connectivity index (χ3n) is 2.99. The van der Waals surface area contributed by atoms with Gasteiger partial charge in [0, 0.05) is 5.88 Å². The van der Waals surface area contributed by atoms with Crippen LogP contribution in [0.5, 0.6) is 0 Å². The molecule has 0 N–H and O–H groups in total. The molecule has 0 saturated carbocycles. The number of rotatable bonds is 12. The summed E-state index contributed by atoms with van der Waals surface area (Å²) in [5, 5.41) is 0. The van der Waals surface area contributed by atoms with Crippen molar-refractivity contribution in [3.8, 4) is 0 Å². The molecule has 16 heavy (non-hydrogen) atoms. The molecule has 0 aliphatic carbocycles. The van der Waals surface area contributed by atoms with Gasteiger partial charge in [0.2, 0.25) is 0 Å². The quantitative estimate of drug-likeness (QED) is 0.231. The minimum absolute atomic E-state index is 0. The molecule has 0 saturated heterocycles. The van der Waals surface area contributed by atoms with Crippen molar-refractivity contribution < 1.29 is 0 Å². The average Bonchev–Trinajstić information content (AvgIpc) is 2.26. The van der Waals surface area contributed by atoms with Gasteiger partial charge >= 0.3 is 0 Å². The monoisotopic (exact) mass is 266 g/mol. The number of hydrogen-bond donors (Lipinski definition) is 0. The lowest BCUT2D eigenvalue weighted by molar-refractivity contribution is 0.548. The van der Waals surface area contributed by atoms with Crippen LogP contribution < -0.4 is 0 Å². The fourth-order valence-corrected chi connectivity index (χ4v) is 2.12. The molecule has 0 rings (SSSR count). The maximum absolute atomic E-state index is 5.62. The second kappa shape index (κ2) is 18.1. The zero-order valence-electron chi connectivity index (χ0n) is 11.3. The lowest BCUT2D eigenvalue weighted by Gasteiger charge is -2.01. The van der Waals surface area contributed by atoms with Crippen LogP contribution in [-0.4, -0.2) is 5.88 Å². The first-order valence-corrected chi connectivity index (χ1v) is 7.51. The van der Waals surface area contributed by atoms with E-state index in [1.165, 1.54) is 77.0 Å². The summed E-state index contributed by atoms with van der Waals surface area (Å²) in [7, 11) is 0. The summed E-state index contributed by atoms with van der Waals surface area (Å²) < 4.78 is 0. The molecular formula is C14H32ClP. The second-order valence-corrected chi connectivity index (χ2v) is 4.96. The van der Waals surface area contributed by atoms with E-state index >= 15 is 0 Å². The van der Waals surface area contributed by atoms with Crippen molar-refractivity contribution in [2.45, 2.75) is 84.0 Å². The topological polar surface area (TPSA) is 0 Å². The van der Waals surface area contributed by atoms with Crippen molar-refractivity contribution in [1.82, 2.24) is 0 Å². The Kier molecular flexibility index (Phi) is 21.6. The van der Waals surface area contributed by atoms with Crippen molar-refractivity contribution in [3.05, 3.63) is 0 Å². The number of unbranched alkanes of at least 4 members (excludes halogenated alkanes) is 11. The fraction of sp³-hybridized carbons (Fsp3) is 1.00. The maximum atomic E-state index is 5.62. The van der Waals surface area contributed by atoms with Crippen molar-refractivity contribution >= 4 is 21.5 Å². The molecule has 0 radical (unpaired) electrons. The molecule has 0 aromatic heterocycles. The van der Waals surface area contributed by atoms with E-state index in [9.17, 15) is 0 Å². The Morgan fingerprint density at radius 2 is 0.875 bits per heavy atom. The minimum Gasteiger partial charge on any atom is -0.153 e. The van der Waals surface area contributed by atoms with Crippen molar-refractivity contribution in [3.63, 3.8) is 0 Å². The summed E-state index contributed by atoms with van der Waals surface area (Å²) >= 11 is 5.62. The third-order valence-corrected chi connectivity index (χ3v) is 3.25. The molecule has 0 aromatic rings. The Morgan fingerprint density at radius 1 is 0.562 bits per heavy atom. The smallest absolute Gasteiger partial charge is 0.0223 e. The van der Waals surface area contributed by atoms with Crippen LogP contribution in [0.2, 0.25) is 0 Å². The molecular weight excluding hydrogens is 235 g/mol. The van der Waals surface area contributed by atoms with Crippen LogP contribution in [0.25, 0.3) is 0 Å². The molecule has 1 atom stereocenters. The van der Waals surface area contributed by atoms with Crippen LogP contribution in [0, 0.1) is 0 Å². The van der Waals surface area contributed by atoms with E-state index in [0.717, 1.165) is 5.88 Å². The molecule has 0 amide bonds.